The highest BCUT2D eigenvalue weighted by atomic mass is 79.9. The van der Waals surface area contributed by atoms with Crippen molar-refractivity contribution in [3.05, 3.63) is 57.6 Å². The number of rotatable bonds is 4. The fourth-order valence-electron chi connectivity index (χ4n) is 1.87. The molecule has 0 amide bonds. The highest BCUT2D eigenvalue weighted by molar-refractivity contribution is 9.10. The van der Waals surface area contributed by atoms with Crippen molar-refractivity contribution in [2.45, 2.75) is 20.8 Å². The number of aliphatic imine (C=N–C) groups is 1. The first-order chi connectivity index (χ1) is 9.60. The van der Waals surface area contributed by atoms with Gasteiger partial charge in [-0.3, -0.25) is 4.99 Å². The van der Waals surface area contributed by atoms with Crippen LogP contribution in [0, 0.1) is 13.8 Å². The van der Waals surface area contributed by atoms with Gasteiger partial charge in [0.15, 0.2) is 0 Å². The Kier molecular flexibility index (Phi) is 4.96. The van der Waals surface area contributed by atoms with Gasteiger partial charge < -0.3 is 4.74 Å². The van der Waals surface area contributed by atoms with Gasteiger partial charge in [-0.2, -0.15) is 0 Å². The fraction of sp³-hybridized carbons (Fsp3) is 0.235. The molecular formula is C17H18BrNO. The molecule has 0 spiro atoms. The van der Waals surface area contributed by atoms with E-state index in [9.17, 15) is 0 Å². The standard InChI is InChI=1S/C17H18BrNO/c1-4-20-17-8-7-14(10-15(17)18)11-19-16-9-12(2)5-6-13(16)3/h5-11H,4H2,1-3H3. The highest BCUT2D eigenvalue weighted by Crippen LogP contribution is 2.26. The van der Waals surface area contributed by atoms with E-state index < -0.39 is 0 Å². The smallest absolute Gasteiger partial charge is 0.133 e. The van der Waals surface area contributed by atoms with Gasteiger partial charge in [0.25, 0.3) is 0 Å². The SMILES string of the molecule is CCOc1ccc(C=Nc2cc(C)ccc2C)cc1Br. The van der Waals surface area contributed by atoms with E-state index in [2.05, 4.69) is 53.0 Å². The maximum atomic E-state index is 5.50. The van der Waals surface area contributed by atoms with Crippen molar-refractivity contribution >= 4 is 27.8 Å². The molecule has 3 heteroatoms. The summed E-state index contributed by atoms with van der Waals surface area (Å²) in [5, 5.41) is 0. The summed E-state index contributed by atoms with van der Waals surface area (Å²) in [5.74, 6) is 0.858. The largest absolute Gasteiger partial charge is 0.493 e. The third-order valence-electron chi connectivity index (χ3n) is 2.97. The summed E-state index contributed by atoms with van der Waals surface area (Å²) in [6, 6.07) is 12.3. The molecule has 0 aromatic heterocycles. The quantitative estimate of drug-likeness (QED) is 0.704. The van der Waals surface area contributed by atoms with Crippen LogP contribution in [0.15, 0.2) is 45.9 Å². The van der Waals surface area contributed by atoms with Crippen LogP contribution in [-0.4, -0.2) is 12.8 Å². The van der Waals surface area contributed by atoms with E-state index in [0.29, 0.717) is 6.61 Å². The molecule has 0 atom stereocenters. The Morgan fingerprint density at radius 2 is 1.95 bits per heavy atom. The molecule has 0 fully saturated rings. The summed E-state index contributed by atoms with van der Waals surface area (Å²) in [4.78, 5) is 4.57. The molecule has 0 heterocycles. The van der Waals surface area contributed by atoms with Crippen LogP contribution in [0.4, 0.5) is 5.69 Å². The Bertz CT molecular complexity index is 635. The van der Waals surface area contributed by atoms with Gasteiger partial charge in [0.2, 0.25) is 0 Å². The van der Waals surface area contributed by atoms with Gasteiger partial charge in [-0.05, 0) is 77.7 Å². The van der Waals surface area contributed by atoms with E-state index in [4.69, 9.17) is 4.74 Å². The predicted molar refractivity (Wildman–Crippen MR) is 88.5 cm³/mol. The van der Waals surface area contributed by atoms with Crippen LogP contribution in [0.25, 0.3) is 0 Å². The summed E-state index contributed by atoms with van der Waals surface area (Å²) in [7, 11) is 0. The predicted octanol–water partition coefficient (Wildman–Crippen LogP) is 5.22. The molecule has 2 aromatic rings. The van der Waals surface area contributed by atoms with Gasteiger partial charge in [0.05, 0.1) is 16.8 Å². The Morgan fingerprint density at radius 3 is 2.65 bits per heavy atom. The second kappa shape index (κ2) is 6.71. The average Bonchev–Trinajstić information content (AvgIpc) is 2.43. The molecule has 0 radical (unpaired) electrons. The Morgan fingerprint density at radius 1 is 1.15 bits per heavy atom. The zero-order valence-corrected chi connectivity index (χ0v) is 13.6. The minimum Gasteiger partial charge on any atom is -0.493 e. The summed E-state index contributed by atoms with van der Waals surface area (Å²) in [6.07, 6.45) is 1.88. The average molecular weight is 332 g/mol. The van der Waals surface area contributed by atoms with Crippen molar-refractivity contribution in [1.29, 1.82) is 0 Å². The normalized spacial score (nSPS) is 11.0. The maximum Gasteiger partial charge on any atom is 0.133 e. The minimum absolute atomic E-state index is 0.661. The van der Waals surface area contributed by atoms with Crippen LogP contribution < -0.4 is 4.74 Å². The third-order valence-corrected chi connectivity index (χ3v) is 3.59. The van der Waals surface area contributed by atoms with Gasteiger partial charge in [0, 0.05) is 6.21 Å². The number of halogens is 1. The Labute approximate surface area is 128 Å². The lowest BCUT2D eigenvalue weighted by Crippen LogP contribution is -1.93. The van der Waals surface area contributed by atoms with E-state index in [0.717, 1.165) is 21.5 Å². The lowest BCUT2D eigenvalue weighted by Gasteiger charge is -2.06. The molecule has 0 saturated carbocycles. The van der Waals surface area contributed by atoms with Crippen LogP contribution in [0.5, 0.6) is 5.75 Å². The fourth-order valence-corrected chi connectivity index (χ4v) is 2.38. The number of ether oxygens (including phenoxy) is 1. The van der Waals surface area contributed by atoms with E-state index in [-0.39, 0.29) is 0 Å². The molecule has 0 bridgehead atoms. The minimum atomic E-state index is 0.661. The second-order valence-corrected chi connectivity index (χ2v) is 5.53. The van der Waals surface area contributed by atoms with Gasteiger partial charge in [0.1, 0.15) is 5.75 Å². The summed E-state index contributed by atoms with van der Waals surface area (Å²) in [5.41, 5.74) is 4.45. The molecular weight excluding hydrogens is 314 g/mol. The number of hydrogen-bond donors (Lipinski definition) is 0. The first kappa shape index (κ1) is 14.8. The van der Waals surface area contributed by atoms with Gasteiger partial charge in [-0.1, -0.05) is 12.1 Å². The van der Waals surface area contributed by atoms with Crippen LogP contribution in [0.3, 0.4) is 0 Å². The monoisotopic (exact) mass is 331 g/mol. The first-order valence-electron chi connectivity index (χ1n) is 6.64. The van der Waals surface area contributed by atoms with Crippen LogP contribution in [0.2, 0.25) is 0 Å². The third kappa shape index (κ3) is 3.70. The summed E-state index contributed by atoms with van der Waals surface area (Å²) >= 11 is 3.51. The molecule has 0 aliphatic rings. The first-order valence-corrected chi connectivity index (χ1v) is 7.43. The lowest BCUT2D eigenvalue weighted by atomic mass is 10.1. The van der Waals surface area contributed by atoms with Crippen molar-refractivity contribution in [3.63, 3.8) is 0 Å². The van der Waals surface area contributed by atoms with Crippen LogP contribution in [-0.2, 0) is 0 Å². The zero-order chi connectivity index (χ0) is 14.5. The number of nitrogens with zero attached hydrogens (tertiary/aromatic N) is 1. The Hall–Kier alpha value is -1.61. The van der Waals surface area contributed by atoms with E-state index in [1.807, 2.05) is 31.3 Å². The molecule has 0 aliphatic carbocycles. The second-order valence-electron chi connectivity index (χ2n) is 4.67. The Balaban J connectivity index is 2.23. The molecule has 2 aromatic carbocycles. The maximum absolute atomic E-state index is 5.50. The van der Waals surface area contributed by atoms with Crippen LogP contribution >= 0.6 is 15.9 Å². The lowest BCUT2D eigenvalue weighted by molar-refractivity contribution is 0.338. The molecule has 0 aliphatic heterocycles. The van der Waals surface area contributed by atoms with Crippen molar-refractivity contribution in [2.24, 2.45) is 4.99 Å². The van der Waals surface area contributed by atoms with E-state index in [1.54, 1.807) is 0 Å². The van der Waals surface area contributed by atoms with Gasteiger partial charge >= 0.3 is 0 Å². The molecule has 0 unspecified atom stereocenters. The summed E-state index contributed by atoms with van der Waals surface area (Å²) < 4.78 is 6.45. The number of benzene rings is 2. The van der Waals surface area contributed by atoms with Crippen molar-refractivity contribution in [2.75, 3.05) is 6.61 Å². The molecule has 0 saturated heterocycles. The zero-order valence-electron chi connectivity index (χ0n) is 12.0. The molecule has 0 N–H and O–H groups in total. The van der Waals surface area contributed by atoms with Crippen molar-refractivity contribution < 1.29 is 4.74 Å². The molecule has 104 valence electrons. The van der Waals surface area contributed by atoms with Crippen molar-refractivity contribution in [3.8, 4) is 5.75 Å². The van der Waals surface area contributed by atoms with E-state index in [1.165, 1.54) is 11.1 Å². The summed E-state index contributed by atoms with van der Waals surface area (Å²) in [6.45, 7) is 6.78. The number of hydrogen-bond acceptors (Lipinski definition) is 2. The van der Waals surface area contributed by atoms with Crippen molar-refractivity contribution in [1.82, 2.24) is 0 Å². The van der Waals surface area contributed by atoms with Gasteiger partial charge in [-0.25, -0.2) is 0 Å². The topological polar surface area (TPSA) is 21.6 Å². The number of aryl methyl sites for hydroxylation is 2. The molecule has 2 nitrogen and oxygen atoms in total. The molecule has 20 heavy (non-hydrogen) atoms. The van der Waals surface area contributed by atoms with Gasteiger partial charge in [-0.15, -0.1) is 0 Å². The van der Waals surface area contributed by atoms with E-state index >= 15 is 0 Å². The molecule has 2 rings (SSSR count). The highest BCUT2D eigenvalue weighted by Gasteiger charge is 2.01. The van der Waals surface area contributed by atoms with Crippen LogP contribution in [0.1, 0.15) is 23.6 Å².